The first kappa shape index (κ1) is 12.6. The molecule has 1 saturated carbocycles. The van der Waals surface area contributed by atoms with Crippen LogP contribution in [0.25, 0.3) is 0 Å². The van der Waals surface area contributed by atoms with Crippen molar-refractivity contribution in [3.05, 3.63) is 35.6 Å². The topological polar surface area (TPSA) is 29.1 Å². The molecule has 1 aromatic carbocycles. The van der Waals surface area contributed by atoms with Gasteiger partial charge in [-0.15, -0.1) is 0 Å². The van der Waals surface area contributed by atoms with E-state index in [0.717, 1.165) is 19.3 Å². The van der Waals surface area contributed by atoms with Crippen molar-refractivity contribution in [2.24, 2.45) is 5.92 Å². The third-order valence-corrected chi connectivity index (χ3v) is 4.93. The van der Waals surface area contributed by atoms with Gasteiger partial charge in [0.1, 0.15) is 5.82 Å². The maximum absolute atomic E-state index is 13.0. The third kappa shape index (κ3) is 2.26. The number of rotatable bonds is 2. The maximum atomic E-state index is 13.0. The zero-order valence-electron chi connectivity index (χ0n) is 11.3. The lowest BCUT2D eigenvalue weighted by atomic mass is 9.75. The lowest BCUT2D eigenvalue weighted by molar-refractivity contribution is -0.120. The van der Waals surface area contributed by atoms with Crippen LogP contribution in [0.2, 0.25) is 0 Å². The van der Waals surface area contributed by atoms with Crippen LogP contribution in [0.15, 0.2) is 24.3 Å². The highest BCUT2D eigenvalue weighted by molar-refractivity contribution is 5.79. The Morgan fingerprint density at radius 1 is 1.26 bits per heavy atom. The predicted octanol–water partition coefficient (Wildman–Crippen LogP) is 3.38. The third-order valence-electron chi connectivity index (χ3n) is 4.93. The molecule has 2 nitrogen and oxygen atoms in total. The van der Waals surface area contributed by atoms with Crippen LogP contribution < -0.4 is 5.32 Å². The van der Waals surface area contributed by atoms with Crippen LogP contribution in [-0.4, -0.2) is 11.4 Å². The van der Waals surface area contributed by atoms with Gasteiger partial charge in [0.2, 0.25) is 5.91 Å². The number of hydrogen-bond donors (Lipinski definition) is 1. The minimum atomic E-state index is -0.182. The minimum absolute atomic E-state index is 0.0767. The first-order chi connectivity index (χ1) is 9.08. The molecule has 0 spiro atoms. The van der Waals surface area contributed by atoms with Gasteiger partial charge in [-0.3, -0.25) is 4.79 Å². The van der Waals surface area contributed by atoms with E-state index in [-0.39, 0.29) is 17.3 Å². The molecule has 3 rings (SSSR count). The maximum Gasteiger partial charge on any atom is 0.220 e. The molecule has 1 aliphatic carbocycles. The van der Waals surface area contributed by atoms with Gasteiger partial charge in [0.25, 0.3) is 0 Å². The fourth-order valence-electron chi connectivity index (χ4n) is 3.93. The first-order valence-electron chi connectivity index (χ1n) is 7.15. The van der Waals surface area contributed by atoms with Gasteiger partial charge in [0.15, 0.2) is 0 Å². The van der Waals surface area contributed by atoms with Crippen LogP contribution in [0.1, 0.15) is 50.5 Å². The molecule has 1 saturated heterocycles. The van der Waals surface area contributed by atoms with Crippen LogP contribution in [0.4, 0.5) is 4.39 Å². The van der Waals surface area contributed by atoms with Crippen molar-refractivity contribution in [2.45, 2.75) is 50.5 Å². The summed E-state index contributed by atoms with van der Waals surface area (Å²) in [5.74, 6) is 0.916. The molecule has 0 bridgehead atoms. The molecule has 0 radical (unpaired) electrons. The van der Waals surface area contributed by atoms with Gasteiger partial charge in [-0.05, 0) is 55.7 Å². The molecular weight excluding hydrogens is 241 g/mol. The van der Waals surface area contributed by atoms with E-state index in [0.29, 0.717) is 18.3 Å². The smallest absolute Gasteiger partial charge is 0.220 e. The zero-order chi connectivity index (χ0) is 13.5. The highest BCUT2D eigenvalue weighted by Gasteiger charge is 2.45. The predicted molar refractivity (Wildman–Crippen MR) is 72.3 cm³/mol. The second kappa shape index (κ2) is 4.62. The molecular formula is C16H20FNO. The molecule has 3 atom stereocenters. The van der Waals surface area contributed by atoms with Gasteiger partial charge in [-0.2, -0.15) is 0 Å². The van der Waals surface area contributed by atoms with Crippen molar-refractivity contribution in [2.75, 3.05) is 0 Å². The number of amides is 1. The molecule has 2 aliphatic rings. The zero-order valence-corrected chi connectivity index (χ0v) is 11.3. The molecule has 0 aromatic heterocycles. The molecule has 19 heavy (non-hydrogen) atoms. The van der Waals surface area contributed by atoms with Crippen LogP contribution in [0, 0.1) is 11.7 Å². The van der Waals surface area contributed by atoms with Crippen LogP contribution in [0.5, 0.6) is 0 Å². The Morgan fingerprint density at radius 3 is 2.63 bits per heavy atom. The van der Waals surface area contributed by atoms with E-state index in [1.54, 1.807) is 12.1 Å². The normalized spacial score (nSPS) is 34.5. The lowest BCUT2D eigenvalue weighted by Gasteiger charge is -2.35. The molecule has 1 aromatic rings. The van der Waals surface area contributed by atoms with Gasteiger partial charge in [-0.25, -0.2) is 4.39 Å². The standard InChI is InChI=1S/C16H20FNO/c1-16(10-9-15(19)18-16)14-4-2-3-13(14)11-5-7-12(17)8-6-11/h5-8,13-14H,2-4,9-10H2,1H3,(H,18,19). The molecule has 1 amide bonds. The summed E-state index contributed by atoms with van der Waals surface area (Å²) in [5.41, 5.74) is 1.14. The Kier molecular flexibility index (Phi) is 3.08. The van der Waals surface area contributed by atoms with E-state index < -0.39 is 0 Å². The Balaban J connectivity index is 1.85. The summed E-state index contributed by atoms with van der Waals surface area (Å²) in [6.07, 6.45) is 5.05. The summed E-state index contributed by atoms with van der Waals surface area (Å²) < 4.78 is 13.0. The van der Waals surface area contributed by atoms with Gasteiger partial charge in [0, 0.05) is 12.0 Å². The minimum Gasteiger partial charge on any atom is -0.351 e. The number of carbonyl (C=O) groups is 1. The average Bonchev–Trinajstić information content (AvgIpc) is 2.98. The summed E-state index contributed by atoms with van der Waals surface area (Å²) in [6.45, 7) is 2.17. The summed E-state index contributed by atoms with van der Waals surface area (Å²) in [7, 11) is 0. The van der Waals surface area contributed by atoms with Crippen molar-refractivity contribution in [3.8, 4) is 0 Å². The second-order valence-electron chi connectivity index (χ2n) is 6.16. The quantitative estimate of drug-likeness (QED) is 0.868. The Hall–Kier alpha value is -1.38. The van der Waals surface area contributed by atoms with E-state index in [4.69, 9.17) is 0 Å². The van der Waals surface area contributed by atoms with Gasteiger partial charge >= 0.3 is 0 Å². The van der Waals surface area contributed by atoms with E-state index in [9.17, 15) is 9.18 Å². The van der Waals surface area contributed by atoms with E-state index in [1.807, 2.05) is 12.1 Å². The molecule has 1 aliphatic heterocycles. The molecule has 3 unspecified atom stereocenters. The molecule has 102 valence electrons. The summed E-state index contributed by atoms with van der Waals surface area (Å²) in [4.78, 5) is 11.5. The van der Waals surface area contributed by atoms with Crippen LogP contribution in [-0.2, 0) is 4.79 Å². The van der Waals surface area contributed by atoms with Crippen molar-refractivity contribution in [1.82, 2.24) is 5.32 Å². The molecule has 3 heteroatoms. The average molecular weight is 261 g/mol. The van der Waals surface area contributed by atoms with Gasteiger partial charge in [-0.1, -0.05) is 18.6 Å². The van der Waals surface area contributed by atoms with E-state index >= 15 is 0 Å². The number of halogens is 1. The Morgan fingerprint density at radius 2 is 2.00 bits per heavy atom. The van der Waals surface area contributed by atoms with Gasteiger partial charge < -0.3 is 5.32 Å². The number of benzene rings is 1. The highest BCUT2D eigenvalue weighted by atomic mass is 19.1. The molecule has 1 N–H and O–H groups in total. The first-order valence-corrected chi connectivity index (χ1v) is 7.15. The lowest BCUT2D eigenvalue weighted by Crippen LogP contribution is -2.46. The SMILES string of the molecule is CC1(C2CCCC2c2ccc(F)cc2)CCC(=O)N1. The molecule has 2 fully saturated rings. The second-order valence-corrected chi connectivity index (χ2v) is 6.16. The molecule has 1 heterocycles. The Labute approximate surface area is 113 Å². The van der Waals surface area contributed by atoms with Crippen LogP contribution in [0.3, 0.4) is 0 Å². The number of nitrogens with one attached hydrogen (secondary N) is 1. The summed E-state index contributed by atoms with van der Waals surface area (Å²) in [5, 5.41) is 3.17. The van der Waals surface area contributed by atoms with E-state index in [2.05, 4.69) is 12.2 Å². The van der Waals surface area contributed by atoms with Crippen molar-refractivity contribution >= 4 is 5.91 Å². The summed E-state index contributed by atoms with van der Waals surface area (Å²) in [6, 6.07) is 6.89. The highest BCUT2D eigenvalue weighted by Crippen LogP contribution is 2.47. The fourth-order valence-corrected chi connectivity index (χ4v) is 3.93. The largest absolute Gasteiger partial charge is 0.351 e. The van der Waals surface area contributed by atoms with Crippen molar-refractivity contribution < 1.29 is 9.18 Å². The van der Waals surface area contributed by atoms with E-state index in [1.165, 1.54) is 12.0 Å². The van der Waals surface area contributed by atoms with Gasteiger partial charge in [0.05, 0.1) is 0 Å². The van der Waals surface area contributed by atoms with Crippen molar-refractivity contribution in [1.29, 1.82) is 0 Å². The Bertz CT molecular complexity index is 484. The summed E-state index contributed by atoms with van der Waals surface area (Å²) >= 11 is 0. The number of hydrogen-bond acceptors (Lipinski definition) is 1. The van der Waals surface area contributed by atoms with Crippen LogP contribution >= 0.6 is 0 Å². The monoisotopic (exact) mass is 261 g/mol. The number of carbonyl (C=O) groups excluding carboxylic acids is 1. The van der Waals surface area contributed by atoms with Crippen molar-refractivity contribution in [3.63, 3.8) is 0 Å². The fraction of sp³-hybridized carbons (Fsp3) is 0.562.